The molecule has 3 heterocycles. The molecule has 0 amide bonds. The van der Waals surface area contributed by atoms with Gasteiger partial charge in [-0.3, -0.25) is 14.7 Å². The third kappa shape index (κ3) is 5.57. The number of aromatic amines is 1. The second kappa shape index (κ2) is 10.7. The summed E-state index contributed by atoms with van der Waals surface area (Å²) in [6, 6.07) is 17.9. The van der Waals surface area contributed by atoms with Gasteiger partial charge in [-0.2, -0.15) is 0 Å². The van der Waals surface area contributed by atoms with Gasteiger partial charge in [0.2, 0.25) is 0 Å². The van der Waals surface area contributed by atoms with Gasteiger partial charge in [0.25, 0.3) is 5.56 Å². The highest BCUT2D eigenvalue weighted by Crippen LogP contribution is 2.20. The second-order valence-corrected chi connectivity index (χ2v) is 9.20. The molecule has 0 aliphatic heterocycles. The molecule has 0 bridgehead atoms. The fraction of sp³-hybridized carbons (Fsp3) is 0.250. The van der Waals surface area contributed by atoms with Crippen LogP contribution in [0.15, 0.2) is 71.8 Å². The number of H-pyrrole nitrogens is 1. The number of methoxy groups -OCH3 is 1. The third-order valence-electron chi connectivity index (χ3n) is 6.61. The van der Waals surface area contributed by atoms with Crippen molar-refractivity contribution in [2.75, 3.05) is 7.11 Å². The summed E-state index contributed by atoms with van der Waals surface area (Å²) in [5.41, 5.74) is 5.83. The van der Waals surface area contributed by atoms with Gasteiger partial charge in [0.15, 0.2) is 5.82 Å². The van der Waals surface area contributed by atoms with E-state index in [1.807, 2.05) is 62.5 Å². The number of nitrogens with one attached hydrogen (secondary N) is 1. The molecule has 0 aliphatic carbocycles. The Morgan fingerprint density at radius 3 is 2.59 bits per heavy atom. The molecule has 0 saturated heterocycles. The molecular weight excluding hydrogens is 466 g/mol. The first-order valence-corrected chi connectivity index (χ1v) is 12.1. The Balaban J connectivity index is 1.43. The van der Waals surface area contributed by atoms with Crippen molar-refractivity contribution in [1.82, 2.24) is 35.1 Å². The van der Waals surface area contributed by atoms with Crippen LogP contribution in [0, 0.1) is 13.8 Å². The van der Waals surface area contributed by atoms with Gasteiger partial charge in [-0.15, -0.1) is 5.10 Å². The molecule has 0 fully saturated rings. The molecule has 188 valence electrons. The lowest BCUT2D eigenvalue weighted by Crippen LogP contribution is -2.28. The number of pyridine rings is 2. The van der Waals surface area contributed by atoms with Crippen molar-refractivity contribution in [2.45, 2.75) is 40.0 Å². The Morgan fingerprint density at radius 2 is 1.84 bits per heavy atom. The van der Waals surface area contributed by atoms with Crippen molar-refractivity contribution in [3.8, 4) is 5.75 Å². The number of hydrogen-bond acceptors (Lipinski definition) is 7. The molecule has 5 rings (SSSR count). The van der Waals surface area contributed by atoms with Crippen LogP contribution in [0.3, 0.4) is 0 Å². The number of aryl methyl sites for hydroxylation is 2. The quantitative estimate of drug-likeness (QED) is 0.332. The van der Waals surface area contributed by atoms with Crippen LogP contribution in [0.5, 0.6) is 5.75 Å². The largest absolute Gasteiger partial charge is 0.497 e. The van der Waals surface area contributed by atoms with Crippen molar-refractivity contribution in [2.24, 2.45) is 0 Å². The first kappa shape index (κ1) is 24.3. The van der Waals surface area contributed by atoms with E-state index in [9.17, 15) is 4.79 Å². The second-order valence-electron chi connectivity index (χ2n) is 9.20. The summed E-state index contributed by atoms with van der Waals surface area (Å²) < 4.78 is 7.04. The zero-order valence-electron chi connectivity index (χ0n) is 21.2. The smallest absolute Gasteiger partial charge is 0.252 e. The average Bonchev–Trinajstić information content (AvgIpc) is 3.34. The highest BCUT2D eigenvalue weighted by Gasteiger charge is 2.17. The van der Waals surface area contributed by atoms with Gasteiger partial charge in [-0.1, -0.05) is 30.3 Å². The zero-order valence-corrected chi connectivity index (χ0v) is 21.2. The van der Waals surface area contributed by atoms with Crippen molar-refractivity contribution in [1.29, 1.82) is 0 Å². The van der Waals surface area contributed by atoms with Gasteiger partial charge >= 0.3 is 0 Å². The molecule has 1 N–H and O–H groups in total. The van der Waals surface area contributed by atoms with E-state index in [0.29, 0.717) is 37.6 Å². The summed E-state index contributed by atoms with van der Waals surface area (Å²) in [5.74, 6) is 1.51. The molecule has 0 atom stereocenters. The highest BCUT2D eigenvalue weighted by atomic mass is 16.5. The number of aromatic nitrogens is 6. The minimum atomic E-state index is -0.0878. The topological polar surface area (TPSA) is 102 Å². The number of rotatable bonds is 9. The fourth-order valence-electron chi connectivity index (χ4n) is 4.41. The van der Waals surface area contributed by atoms with Gasteiger partial charge in [-0.25, -0.2) is 4.68 Å². The predicted octanol–water partition coefficient (Wildman–Crippen LogP) is 3.79. The first-order valence-electron chi connectivity index (χ1n) is 12.1. The van der Waals surface area contributed by atoms with Crippen LogP contribution in [-0.4, -0.2) is 42.2 Å². The Hall–Kier alpha value is -4.37. The summed E-state index contributed by atoms with van der Waals surface area (Å²) in [4.78, 5) is 22.6. The van der Waals surface area contributed by atoms with E-state index in [4.69, 9.17) is 4.74 Å². The summed E-state index contributed by atoms with van der Waals surface area (Å²) in [7, 11) is 1.65. The molecule has 5 aromatic rings. The molecule has 0 saturated carbocycles. The summed E-state index contributed by atoms with van der Waals surface area (Å²) >= 11 is 0. The van der Waals surface area contributed by atoms with E-state index in [1.165, 1.54) is 0 Å². The molecular formula is C28H29N7O2. The molecule has 9 heteroatoms. The maximum atomic E-state index is 13.1. The molecule has 37 heavy (non-hydrogen) atoms. The van der Waals surface area contributed by atoms with Crippen molar-refractivity contribution in [3.05, 3.63) is 111 Å². The lowest BCUT2D eigenvalue weighted by Gasteiger charge is -2.22. The van der Waals surface area contributed by atoms with Gasteiger partial charge < -0.3 is 9.72 Å². The number of hydrogen-bond donors (Lipinski definition) is 1. The molecule has 0 unspecified atom stereocenters. The Morgan fingerprint density at radius 1 is 1.00 bits per heavy atom. The molecule has 9 nitrogen and oxygen atoms in total. The van der Waals surface area contributed by atoms with Crippen molar-refractivity contribution >= 4 is 10.9 Å². The SMILES string of the molecule is COc1ccc(Cn2nnnc2CN(Cc2cccnc2)Cc2cc3ccc(C)c(C)c3[nH]c2=O)cc1. The predicted molar refractivity (Wildman–Crippen MR) is 141 cm³/mol. The van der Waals surface area contributed by atoms with Crippen LogP contribution in [0.4, 0.5) is 0 Å². The van der Waals surface area contributed by atoms with Crippen LogP contribution in [0.2, 0.25) is 0 Å². The van der Waals surface area contributed by atoms with Crippen LogP contribution in [0.1, 0.15) is 33.6 Å². The number of benzene rings is 2. The van der Waals surface area contributed by atoms with Crippen molar-refractivity contribution in [3.63, 3.8) is 0 Å². The fourth-order valence-corrected chi connectivity index (χ4v) is 4.41. The molecule has 0 spiro atoms. The molecule has 3 aromatic heterocycles. The lowest BCUT2D eigenvalue weighted by atomic mass is 10.0. The monoisotopic (exact) mass is 495 g/mol. The zero-order chi connectivity index (χ0) is 25.8. The Kier molecular flexibility index (Phi) is 7.04. The number of fused-ring (bicyclic) bond motifs is 1. The van der Waals surface area contributed by atoms with Gasteiger partial charge in [0, 0.05) is 31.0 Å². The van der Waals surface area contributed by atoms with E-state index in [0.717, 1.165) is 38.9 Å². The lowest BCUT2D eigenvalue weighted by molar-refractivity contribution is 0.235. The van der Waals surface area contributed by atoms with E-state index < -0.39 is 0 Å². The van der Waals surface area contributed by atoms with Crippen LogP contribution >= 0.6 is 0 Å². The third-order valence-corrected chi connectivity index (χ3v) is 6.61. The van der Waals surface area contributed by atoms with Gasteiger partial charge in [-0.05, 0) is 76.2 Å². The van der Waals surface area contributed by atoms with Crippen LogP contribution in [-0.2, 0) is 26.2 Å². The van der Waals surface area contributed by atoms with Crippen LogP contribution in [0.25, 0.3) is 10.9 Å². The van der Waals surface area contributed by atoms with Gasteiger partial charge in [0.05, 0.1) is 25.7 Å². The van der Waals surface area contributed by atoms with E-state index in [2.05, 4.69) is 42.5 Å². The Bertz CT molecular complexity index is 1560. The van der Waals surface area contributed by atoms with Crippen LogP contribution < -0.4 is 10.3 Å². The van der Waals surface area contributed by atoms with E-state index in [1.54, 1.807) is 18.0 Å². The maximum Gasteiger partial charge on any atom is 0.252 e. The maximum absolute atomic E-state index is 13.1. The standard InChI is InChI=1S/C28H29N7O2/c1-19-6-9-23-13-24(28(36)30-27(23)20(19)2)17-34(15-22-5-4-12-29-14-22)18-26-31-32-33-35(26)16-21-7-10-25(37-3)11-8-21/h4-14H,15-18H2,1-3H3,(H,30,36). The summed E-state index contributed by atoms with van der Waals surface area (Å²) in [6.07, 6.45) is 3.59. The normalized spacial score (nSPS) is 11.4. The number of tetrazole rings is 1. The number of ether oxygens (including phenoxy) is 1. The molecule has 0 aliphatic rings. The Labute approximate surface area is 214 Å². The van der Waals surface area contributed by atoms with Gasteiger partial charge in [0.1, 0.15) is 5.75 Å². The number of nitrogens with zero attached hydrogens (tertiary/aromatic N) is 6. The van der Waals surface area contributed by atoms with Crippen molar-refractivity contribution < 1.29 is 4.74 Å². The van der Waals surface area contributed by atoms with E-state index in [-0.39, 0.29) is 5.56 Å². The minimum Gasteiger partial charge on any atom is -0.497 e. The highest BCUT2D eigenvalue weighted by molar-refractivity contribution is 5.83. The van der Waals surface area contributed by atoms with E-state index >= 15 is 0 Å². The molecule has 2 aromatic carbocycles. The molecule has 0 radical (unpaired) electrons. The minimum absolute atomic E-state index is 0.0878. The summed E-state index contributed by atoms with van der Waals surface area (Å²) in [5, 5.41) is 13.5. The average molecular weight is 496 g/mol. The summed E-state index contributed by atoms with van der Waals surface area (Å²) in [6.45, 7) is 6.10. The first-order chi connectivity index (χ1) is 18.0.